The van der Waals surface area contributed by atoms with Gasteiger partial charge in [-0.2, -0.15) is 0 Å². The lowest BCUT2D eigenvalue weighted by Gasteiger charge is -2.27. The zero-order valence-corrected chi connectivity index (χ0v) is 35.1. The molecule has 0 aromatic rings. The fourth-order valence-electron chi connectivity index (χ4n) is 7.19. The van der Waals surface area contributed by atoms with Crippen LogP contribution in [0, 0.1) is 0 Å². The van der Waals surface area contributed by atoms with Crippen molar-refractivity contribution in [3.63, 3.8) is 0 Å². The predicted molar refractivity (Wildman–Crippen MR) is 219 cm³/mol. The SMILES string of the molecule is CCCCCCCCCCCCCCCCCC(=O)NC(COP(=O)(O)OCCN1CCNCC1)[C@H](O)CCCCCCCCCCCCCCC. The van der Waals surface area contributed by atoms with Gasteiger partial charge in [-0.15, -0.1) is 0 Å². The molecule has 1 heterocycles. The maximum absolute atomic E-state index is 12.9. The Hall–Kier alpha value is -0.540. The number of carbonyl (C=O) groups excluding carboxylic acids is 1. The minimum absolute atomic E-state index is 0.0888. The summed E-state index contributed by atoms with van der Waals surface area (Å²) in [5, 5.41) is 17.3. The van der Waals surface area contributed by atoms with E-state index in [1.165, 1.54) is 141 Å². The molecular formula is C42H86N3O6P. The van der Waals surface area contributed by atoms with E-state index in [1.807, 2.05) is 0 Å². The lowest BCUT2D eigenvalue weighted by molar-refractivity contribution is -0.123. The Balaban J connectivity index is 2.31. The molecule has 1 fully saturated rings. The number of carbonyl (C=O) groups is 1. The van der Waals surface area contributed by atoms with Crippen molar-refractivity contribution in [3.8, 4) is 0 Å². The van der Waals surface area contributed by atoms with Crippen LogP contribution in [0.4, 0.5) is 0 Å². The van der Waals surface area contributed by atoms with Gasteiger partial charge in [0.2, 0.25) is 5.91 Å². The first-order valence-corrected chi connectivity index (χ1v) is 23.9. The van der Waals surface area contributed by atoms with Gasteiger partial charge in [-0.05, 0) is 12.8 Å². The van der Waals surface area contributed by atoms with Crippen molar-refractivity contribution < 1.29 is 28.4 Å². The summed E-state index contributed by atoms with van der Waals surface area (Å²) >= 11 is 0. The molecule has 0 saturated carbocycles. The van der Waals surface area contributed by atoms with Gasteiger partial charge in [-0.3, -0.25) is 18.7 Å². The van der Waals surface area contributed by atoms with Gasteiger partial charge in [-0.25, -0.2) is 4.57 Å². The summed E-state index contributed by atoms with van der Waals surface area (Å²) in [5.41, 5.74) is 0. The highest BCUT2D eigenvalue weighted by Gasteiger charge is 2.28. The Labute approximate surface area is 321 Å². The number of nitrogens with one attached hydrogen (secondary N) is 2. The van der Waals surface area contributed by atoms with Crippen LogP contribution in [0.1, 0.15) is 206 Å². The van der Waals surface area contributed by atoms with Crippen LogP contribution >= 0.6 is 7.82 Å². The minimum Gasteiger partial charge on any atom is -0.391 e. The number of rotatable bonds is 39. The Bertz CT molecular complexity index is 832. The summed E-state index contributed by atoms with van der Waals surface area (Å²) in [5.74, 6) is -0.139. The van der Waals surface area contributed by atoms with Gasteiger partial charge in [0.15, 0.2) is 0 Å². The van der Waals surface area contributed by atoms with E-state index < -0.39 is 20.0 Å². The lowest BCUT2D eigenvalue weighted by Crippen LogP contribution is -2.46. The summed E-state index contributed by atoms with van der Waals surface area (Å²) in [6.07, 6.45) is 35.4. The number of phosphoric acid groups is 1. The second kappa shape index (κ2) is 36.1. The average molecular weight is 760 g/mol. The molecule has 0 aliphatic carbocycles. The molecule has 1 saturated heterocycles. The van der Waals surface area contributed by atoms with Gasteiger partial charge >= 0.3 is 7.82 Å². The molecule has 10 heteroatoms. The summed E-state index contributed by atoms with van der Waals surface area (Å²) in [6, 6.07) is -0.751. The van der Waals surface area contributed by atoms with Crippen LogP contribution in [0.5, 0.6) is 0 Å². The molecule has 9 nitrogen and oxygen atoms in total. The van der Waals surface area contributed by atoms with Crippen LogP contribution in [-0.4, -0.2) is 78.9 Å². The van der Waals surface area contributed by atoms with Crippen LogP contribution in [-0.2, 0) is 18.4 Å². The third-order valence-electron chi connectivity index (χ3n) is 10.7. The molecule has 1 amide bonds. The molecule has 0 bridgehead atoms. The molecule has 1 aliphatic rings. The van der Waals surface area contributed by atoms with E-state index in [0.29, 0.717) is 19.4 Å². The Kier molecular flexibility index (Phi) is 34.4. The number of aliphatic hydroxyl groups is 1. The number of aliphatic hydroxyl groups excluding tert-OH is 1. The highest BCUT2D eigenvalue weighted by molar-refractivity contribution is 7.47. The van der Waals surface area contributed by atoms with E-state index >= 15 is 0 Å². The van der Waals surface area contributed by atoms with Crippen LogP contribution < -0.4 is 10.6 Å². The van der Waals surface area contributed by atoms with Crippen molar-refractivity contribution in [1.82, 2.24) is 15.5 Å². The van der Waals surface area contributed by atoms with Gasteiger partial charge in [0.25, 0.3) is 0 Å². The average Bonchev–Trinajstić information content (AvgIpc) is 3.14. The van der Waals surface area contributed by atoms with Crippen molar-refractivity contribution in [2.45, 2.75) is 219 Å². The molecule has 4 N–H and O–H groups in total. The molecule has 0 aromatic carbocycles. The quantitative estimate of drug-likeness (QED) is 0.0361. The first kappa shape index (κ1) is 49.5. The number of hydrogen-bond donors (Lipinski definition) is 4. The highest BCUT2D eigenvalue weighted by Crippen LogP contribution is 2.43. The molecule has 0 aromatic heterocycles. The number of piperazine rings is 1. The Morgan fingerprint density at radius 1 is 0.654 bits per heavy atom. The third-order valence-corrected chi connectivity index (χ3v) is 11.7. The fraction of sp³-hybridized carbons (Fsp3) is 0.976. The van der Waals surface area contributed by atoms with E-state index in [2.05, 4.69) is 29.4 Å². The van der Waals surface area contributed by atoms with Crippen molar-refractivity contribution in [2.24, 2.45) is 0 Å². The van der Waals surface area contributed by atoms with Crippen LogP contribution in [0.2, 0.25) is 0 Å². The molecule has 1 rings (SSSR count). The molecule has 52 heavy (non-hydrogen) atoms. The second-order valence-corrected chi connectivity index (χ2v) is 17.1. The van der Waals surface area contributed by atoms with E-state index in [1.54, 1.807) is 0 Å². The van der Waals surface area contributed by atoms with Gasteiger partial charge in [0.05, 0.1) is 25.4 Å². The number of hydrogen-bond acceptors (Lipinski definition) is 7. The summed E-state index contributed by atoms with van der Waals surface area (Å²) in [4.78, 5) is 25.4. The highest BCUT2D eigenvalue weighted by atomic mass is 31.2. The van der Waals surface area contributed by atoms with Crippen molar-refractivity contribution >= 4 is 13.7 Å². The van der Waals surface area contributed by atoms with Crippen LogP contribution in [0.25, 0.3) is 0 Å². The molecule has 0 spiro atoms. The number of amides is 1. The topological polar surface area (TPSA) is 120 Å². The zero-order chi connectivity index (χ0) is 37.8. The number of unbranched alkanes of at least 4 members (excludes halogenated alkanes) is 26. The molecule has 1 aliphatic heterocycles. The monoisotopic (exact) mass is 760 g/mol. The predicted octanol–water partition coefficient (Wildman–Crippen LogP) is 10.6. The first-order valence-electron chi connectivity index (χ1n) is 22.4. The first-order chi connectivity index (χ1) is 25.4. The standard InChI is InChI=1S/C42H86N3O6P/c1-3-5-7-9-11-13-15-17-18-20-22-24-26-28-30-32-42(47)44-40(39-51-52(48,49)50-38-37-45-35-33-43-34-36-45)41(46)31-29-27-25-23-21-19-16-14-12-10-8-6-4-2/h40-41,43,46H,3-39H2,1-2H3,(H,44,47)(H,48,49)/t40?,41-/m1/s1. The molecular weight excluding hydrogens is 673 g/mol. The minimum atomic E-state index is -4.32. The molecule has 2 unspecified atom stereocenters. The summed E-state index contributed by atoms with van der Waals surface area (Å²) < 4.78 is 23.2. The van der Waals surface area contributed by atoms with E-state index in [0.717, 1.165) is 64.7 Å². The Morgan fingerprint density at radius 3 is 1.50 bits per heavy atom. The summed E-state index contributed by atoms with van der Waals surface area (Å²) in [7, 11) is -4.32. The fourth-order valence-corrected chi connectivity index (χ4v) is 7.92. The van der Waals surface area contributed by atoms with Crippen molar-refractivity contribution in [2.75, 3.05) is 45.9 Å². The maximum atomic E-state index is 12.9. The van der Waals surface area contributed by atoms with E-state index in [-0.39, 0.29) is 19.1 Å². The third kappa shape index (κ3) is 31.8. The lowest BCUT2D eigenvalue weighted by atomic mass is 10.0. The number of phosphoric ester groups is 1. The second-order valence-electron chi connectivity index (χ2n) is 15.7. The van der Waals surface area contributed by atoms with Gasteiger partial charge in [-0.1, -0.05) is 187 Å². The normalized spacial score (nSPS) is 16.2. The number of nitrogens with zero attached hydrogens (tertiary/aromatic N) is 1. The zero-order valence-electron chi connectivity index (χ0n) is 34.2. The largest absolute Gasteiger partial charge is 0.472 e. The van der Waals surface area contributed by atoms with Crippen LogP contribution in [0.15, 0.2) is 0 Å². The summed E-state index contributed by atoms with van der Waals surface area (Å²) in [6.45, 7) is 8.45. The van der Waals surface area contributed by atoms with Crippen LogP contribution in [0.3, 0.4) is 0 Å². The van der Waals surface area contributed by atoms with Gasteiger partial charge in [0, 0.05) is 39.1 Å². The Morgan fingerprint density at radius 2 is 1.06 bits per heavy atom. The van der Waals surface area contributed by atoms with E-state index in [9.17, 15) is 19.4 Å². The molecule has 310 valence electrons. The van der Waals surface area contributed by atoms with Gasteiger partial charge in [0.1, 0.15) is 0 Å². The maximum Gasteiger partial charge on any atom is 0.472 e. The van der Waals surface area contributed by atoms with Gasteiger partial charge < -0.3 is 20.6 Å². The van der Waals surface area contributed by atoms with Crippen molar-refractivity contribution in [1.29, 1.82) is 0 Å². The molecule has 3 atom stereocenters. The smallest absolute Gasteiger partial charge is 0.391 e. The van der Waals surface area contributed by atoms with Crippen molar-refractivity contribution in [3.05, 3.63) is 0 Å². The van der Waals surface area contributed by atoms with E-state index in [4.69, 9.17) is 9.05 Å². The molecule has 0 radical (unpaired) electrons.